The maximum atomic E-state index is 13.3. The lowest BCUT2D eigenvalue weighted by Crippen LogP contribution is -2.42. The van der Waals surface area contributed by atoms with E-state index in [1.807, 2.05) is 13.0 Å². The van der Waals surface area contributed by atoms with Gasteiger partial charge in [-0.3, -0.25) is 4.98 Å². The van der Waals surface area contributed by atoms with Gasteiger partial charge in [-0.2, -0.15) is 18.3 Å². The molecule has 3 aromatic rings. The number of anilines is 2. The molecule has 0 saturated carbocycles. The lowest BCUT2D eigenvalue weighted by Gasteiger charge is -2.37. The Kier molecular flexibility index (Phi) is 5.70. The molecule has 1 saturated heterocycles. The molecule has 2 N–H and O–H groups in total. The number of halogens is 3. The molecule has 1 fully saturated rings. The molecule has 0 aliphatic carbocycles. The first-order valence-electron chi connectivity index (χ1n) is 10.6. The SMILES string of the molecule is Cc1c([C@@H](C)Nc2nncc3ncc(N4CCC(C)(O)CC4)cc23)cccc1C(F)(F)F. The van der Waals surface area contributed by atoms with Crippen molar-refractivity contribution in [2.75, 3.05) is 23.3 Å². The van der Waals surface area contributed by atoms with Gasteiger partial charge in [0.25, 0.3) is 0 Å². The van der Waals surface area contributed by atoms with Gasteiger partial charge in [-0.15, -0.1) is 5.10 Å². The molecule has 32 heavy (non-hydrogen) atoms. The van der Waals surface area contributed by atoms with Gasteiger partial charge >= 0.3 is 6.18 Å². The van der Waals surface area contributed by atoms with Crippen molar-refractivity contribution in [3.8, 4) is 0 Å². The van der Waals surface area contributed by atoms with Crippen molar-refractivity contribution in [1.82, 2.24) is 15.2 Å². The number of rotatable bonds is 4. The predicted molar refractivity (Wildman–Crippen MR) is 118 cm³/mol. The van der Waals surface area contributed by atoms with E-state index in [1.54, 1.807) is 25.4 Å². The molecule has 1 atom stereocenters. The summed E-state index contributed by atoms with van der Waals surface area (Å²) in [5, 5.41) is 22.4. The van der Waals surface area contributed by atoms with Crippen LogP contribution in [0.15, 0.2) is 36.7 Å². The summed E-state index contributed by atoms with van der Waals surface area (Å²) in [5.41, 5.74) is 0.984. The van der Waals surface area contributed by atoms with Crippen molar-refractivity contribution in [3.63, 3.8) is 0 Å². The molecular formula is C23H26F3N5O. The third-order valence-corrected chi connectivity index (χ3v) is 6.20. The van der Waals surface area contributed by atoms with Crippen LogP contribution < -0.4 is 10.2 Å². The fourth-order valence-corrected chi connectivity index (χ4v) is 4.19. The van der Waals surface area contributed by atoms with Gasteiger partial charge in [0.1, 0.15) is 0 Å². The molecule has 170 valence electrons. The number of benzene rings is 1. The first kappa shape index (κ1) is 22.3. The van der Waals surface area contributed by atoms with E-state index in [-0.39, 0.29) is 5.56 Å². The fraction of sp³-hybridized carbons (Fsp3) is 0.435. The third kappa shape index (κ3) is 4.48. The highest BCUT2D eigenvalue weighted by molar-refractivity contribution is 5.90. The highest BCUT2D eigenvalue weighted by Crippen LogP contribution is 2.36. The monoisotopic (exact) mass is 445 g/mol. The van der Waals surface area contributed by atoms with Crippen molar-refractivity contribution in [1.29, 1.82) is 0 Å². The number of pyridine rings is 1. The maximum Gasteiger partial charge on any atom is 0.416 e. The summed E-state index contributed by atoms with van der Waals surface area (Å²) in [6.45, 7) is 6.55. The molecule has 6 nitrogen and oxygen atoms in total. The minimum atomic E-state index is -4.41. The van der Waals surface area contributed by atoms with Crippen molar-refractivity contribution in [2.45, 2.75) is 51.4 Å². The van der Waals surface area contributed by atoms with Gasteiger partial charge in [0, 0.05) is 18.5 Å². The summed E-state index contributed by atoms with van der Waals surface area (Å²) >= 11 is 0. The number of nitrogens with zero attached hydrogens (tertiary/aromatic N) is 4. The van der Waals surface area contributed by atoms with Crippen molar-refractivity contribution in [3.05, 3.63) is 53.3 Å². The summed E-state index contributed by atoms with van der Waals surface area (Å²) in [6.07, 6.45) is 0.254. The van der Waals surface area contributed by atoms with Gasteiger partial charge < -0.3 is 15.3 Å². The van der Waals surface area contributed by atoms with Crippen molar-refractivity contribution < 1.29 is 18.3 Å². The second kappa shape index (κ2) is 8.20. The first-order valence-corrected chi connectivity index (χ1v) is 10.6. The van der Waals surface area contributed by atoms with Crippen LogP contribution in [0.4, 0.5) is 24.7 Å². The van der Waals surface area contributed by atoms with Crippen LogP contribution in [0.5, 0.6) is 0 Å². The quantitative estimate of drug-likeness (QED) is 0.597. The number of piperidine rings is 1. The van der Waals surface area contributed by atoms with E-state index < -0.39 is 23.4 Å². The molecule has 3 heterocycles. The molecule has 4 rings (SSSR count). The molecule has 0 amide bonds. The standard InChI is InChI=1S/C23H26F3N5O/c1-14-17(5-4-6-19(14)23(24,25)26)15(2)29-21-18-11-16(12-27-20(18)13-28-30-21)31-9-7-22(3,32)8-10-31/h4-6,11-13,15,32H,7-10H2,1-3H3,(H,29,30)/t15-/m1/s1. The van der Waals surface area contributed by atoms with Gasteiger partial charge in [-0.05, 0) is 56.9 Å². The smallest absolute Gasteiger partial charge is 0.390 e. The Balaban J connectivity index is 1.64. The fourth-order valence-electron chi connectivity index (χ4n) is 4.19. The zero-order valence-corrected chi connectivity index (χ0v) is 18.2. The molecule has 9 heteroatoms. The largest absolute Gasteiger partial charge is 0.416 e. The zero-order chi connectivity index (χ0) is 23.1. The van der Waals surface area contributed by atoms with Crippen LogP contribution in [-0.4, -0.2) is 39.0 Å². The topological polar surface area (TPSA) is 74.2 Å². The van der Waals surface area contributed by atoms with Crippen LogP contribution in [0.25, 0.3) is 10.9 Å². The van der Waals surface area contributed by atoms with E-state index in [1.165, 1.54) is 13.0 Å². The summed E-state index contributed by atoms with van der Waals surface area (Å²) in [7, 11) is 0. The predicted octanol–water partition coefficient (Wildman–Crippen LogP) is 4.88. The van der Waals surface area contributed by atoms with Gasteiger partial charge in [0.15, 0.2) is 5.82 Å². The Bertz CT molecular complexity index is 1120. The second-order valence-electron chi connectivity index (χ2n) is 8.69. The van der Waals surface area contributed by atoms with Gasteiger partial charge in [-0.1, -0.05) is 12.1 Å². The minimum Gasteiger partial charge on any atom is -0.390 e. The third-order valence-electron chi connectivity index (χ3n) is 6.20. The number of fused-ring (bicyclic) bond motifs is 1. The van der Waals surface area contributed by atoms with Crippen LogP contribution >= 0.6 is 0 Å². The molecule has 0 radical (unpaired) electrons. The average molecular weight is 445 g/mol. The van der Waals surface area contributed by atoms with E-state index in [0.29, 0.717) is 42.8 Å². The number of aromatic nitrogens is 3. The molecule has 1 aromatic carbocycles. The van der Waals surface area contributed by atoms with Gasteiger partial charge in [0.2, 0.25) is 0 Å². The highest BCUT2D eigenvalue weighted by atomic mass is 19.4. The minimum absolute atomic E-state index is 0.187. The summed E-state index contributed by atoms with van der Waals surface area (Å²) in [5.74, 6) is 0.463. The van der Waals surface area contributed by atoms with E-state index >= 15 is 0 Å². The lowest BCUT2D eigenvalue weighted by molar-refractivity contribution is -0.138. The van der Waals surface area contributed by atoms with Crippen LogP contribution in [0, 0.1) is 6.92 Å². The normalized spacial score (nSPS) is 17.4. The number of hydrogen-bond acceptors (Lipinski definition) is 6. The number of hydrogen-bond donors (Lipinski definition) is 2. The molecule has 1 aliphatic heterocycles. The van der Waals surface area contributed by atoms with Gasteiger partial charge in [-0.25, -0.2) is 0 Å². The number of aliphatic hydroxyl groups is 1. The Hall–Kier alpha value is -2.94. The van der Waals surface area contributed by atoms with E-state index in [9.17, 15) is 18.3 Å². The Morgan fingerprint density at radius 2 is 1.91 bits per heavy atom. The highest BCUT2D eigenvalue weighted by Gasteiger charge is 2.33. The number of nitrogens with one attached hydrogen (secondary N) is 1. The lowest BCUT2D eigenvalue weighted by atomic mass is 9.93. The maximum absolute atomic E-state index is 13.3. The Morgan fingerprint density at radius 1 is 1.19 bits per heavy atom. The molecular weight excluding hydrogens is 419 g/mol. The Morgan fingerprint density at radius 3 is 2.59 bits per heavy atom. The van der Waals surface area contributed by atoms with Crippen LogP contribution in [0.1, 0.15) is 49.4 Å². The molecule has 0 bridgehead atoms. The van der Waals surface area contributed by atoms with Crippen LogP contribution in [0.3, 0.4) is 0 Å². The Labute approximate surface area is 184 Å². The van der Waals surface area contributed by atoms with E-state index in [2.05, 4.69) is 25.4 Å². The van der Waals surface area contributed by atoms with Crippen molar-refractivity contribution >= 4 is 22.4 Å². The van der Waals surface area contributed by atoms with E-state index in [0.717, 1.165) is 17.1 Å². The second-order valence-corrected chi connectivity index (χ2v) is 8.69. The summed E-state index contributed by atoms with van der Waals surface area (Å²) < 4.78 is 40.0. The molecule has 0 unspecified atom stereocenters. The number of alkyl halides is 3. The van der Waals surface area contributed by atoms with Crippen LogP contribution in [-0.2, 0) is 6.18 Å². The van der Waals surface area contributed by atoms with E-state index in [4.69, 9.17) is 0 Å². The molecule has 0 spiro atoms. The summed E-state index contributed by atoms with van der Waals surface area (Å²) in [6, 6.07) is 5.74. The summed E-state index contributed by atoms with van der Waals surface area (Å²) in [4.78, 5) is 6.66. The molecule has 2 aromatic heterocycles. The van der Waals surface area contributed by atoms with Gasteiger partial charge in [0.05, 0.1) is 40.8 Å². The zero-order valence-electron chi connectivity index (χ0n) is 18.2. The molecule has 1 aliphatic rings. The average Bonchev–Trinajstić information content (AvgIpc) is 2.73. The van der Waals surface area contributed by atoms with Crippen molar-refractivity contribution in [2.24, 2.45) is 0 Å². The first-order chi connectivity index (χ1) is 15.0. The van der Waals surface area contributed by atoms with Crippen LogP contribution in [0.2, 0.25) is 0 Å².